The number of hydrogen-bond acceptors (Lipinski definition) is 2. The van der Waals surface area contributed by atoms with E-state index < -0.39 is 10.1 Å². The summed E-state index contributed by atoms with van der Waals surface area (Å²) in [5.41, 5.74) is 0. The molecule has 0 radical (unpaired) electrons. The van der Waals surface area contributed by atoms with Crippen LogP contribution in [0.1, 0.15) is 7.85 Å². The third kappa shape index (κ3) is 12.5. The molecule has 0 saturated carbocycles. The molecule has 0 aromatic heterocycles. The molecule has 7 heteroatoms. The van der Waals surface area contributed by atoms with E-state index >= 15 is 0 Å². The average molecular weight is 306 g/mol. The van der Waals surface area contributed by atoms with Gasteiger partial charge in [-0.05, 0) is 6.42 Å². The van der Waals surface area contributed by atoms with Crippen molar-refractivity contribution in [2.24, 2.45) is 0 Å². The van der Waals surface area contributed by atoms with Crippen molar-refractivity contribution in [1.82, 2.24) is 0 Å². The second-order valence-corrected chi connectivity index (χ2v) is 6.48. The van der Waals surface area contributed by atoms with Crippen LogP contribution in [0.15, 0.2) is 0 Å². The fourth-order valence-electron chi connectivity index (χ4n) is 0.238. The fourth-order valence-corrected chi connectivity index (χ4v) is 1.84. The Morgan fingerprint density at radius 2 is 1.90 bits per heavy atom. The molecule has 0 heterocycles. The largest absolute Gasteiger partial charge is 1.00 e. The van der Waals surface area contributed by atoms with Gasteiger partial charge < -0.3 is 1.43 Å². The van der Waals surface area contributed by atoms with E-state index in [-0.39, 0.29) is 40.5 Å². The summed E-state index contributed by atoms with van der Waals surface area (Å²) in [6.45, 7) is 0. The minimum Gasteiger partial charge on any atom is -1.00 e. The van der Waals surface area contributed by atoms with Crippen LogP contribution in [0, 0.1) is 0 Å². The van der Waals surface area contributed by atoms with Crippen LogP contribution in [0.4, 0.5) is 0 Å². The molecule has 1 N–H and O–H groups in total. The van der Waals surface area contributed by atoms with Crippen LogP contribution < -0.4 is 29.6 Å². The van der Waals surface area contributed by atoms with Crippen LogP contribution in [0.5, 0.6) is 0 Å². The number of rotatable bonds is 3. The van der Waals surface area contributed by atoms with Crippen LogP contribution in [0.2, 0.25) is 0 Å². The van der Waals surface area contributed by atoms with Gasteiger partial charge in [0.05, 0.1) is 9.49 Å². The van der Waals surface area contributed by atoms with Crippen molar-refractivity contribution in [2.45, 2.75) is 10.2 Å². The topological polar surface area (TPSA) is 54.4 Å². The van der Waals surface area contributed by atoms with E-state index in [1.165, 1.54) is 0 Å². The molecule has 0 aliphatic carbocycles. The standard InChI is InChI=1S/C3H6Br2O3S.Na.H/c4-3(5)1-2-9(6,7)8;;/h3H,1-2H2,(H,6,7,8);;/q;+1;-1. The van der Waals surface area contributed by atoms with Gasteiger partial charge >= 0.3 is 29.6 Å². The van der Waals surface area contributed by atoms with Crippen LogP contribution >= 0.6 is 31.9 Å². The Balaban J connectivity index is -0.000000320. The predicted octanol–water partition coefficient (Wildman–Crippen LogP) is -1.50. The molecule has 3 nitrogen and oxygen atoms in total. The number of hydrogen-bond donors (Lipinski definition) is 1. The quantitative estimate of drug-likeness (QED) is 0.392. The Morgan fingerprint density at radius 3 is 2.00 bits per heavy atom. The maximum absolute atomic E-state index is 10.0. The Morgan fingerprint density at radius 1 is 1.50 bits per heavy atom. The van der Waals surface area contributed by atoms with Crippen molar-refractivity contribution in [1.29, 1.82) is 0 Å². The molecule has 0 bridgehead atoms. The molecule has 0 rings (SSSR count). The van der Waals surface area contributed by atoms with E-state index in [0.717, 1.165) is 0 Å². The molecule has 0 spiro atoms. The van der Waals surface area contributed by atoms with Gasteiger partial charge in [0.2, 0.25) is 0 Å². The van der Waals surface area contributed by atoms with Crippen molar-refractivity contribution in [3.05, 3.63) is 0 Å². The Hall–Kier alpha value is 1.87. The summed E-state index contributed by atoms with van der Waals surface area (Å²) in [7, 11) is -3.78. The van der Waals surface area contributed by atoms with Gasteiger partial charge in [-0.1, -0.05) is 31.9 Å². The van der Waals surface area contributed by atoms with E-state index in [2.05, 4.69) is 31.9 Å². The molecule has 0 amide bonds. The first-order valence-electron chi connectivity index (χ1n) is 2.15. The third-order valence-electron chi connectivity index (χ3n) is 0.594. The fraction of sp³-hybridized carbons (Fsp3) is 1.00. The first-order chi connectivity index (χ1) is 3.92. The van der Waals surface area contributed by atoms with Gasteiger partial charge in [-0.3, -0.25) is 4.55 Å². The average Bonchev–Trinajstić information content (AvgIpc) is 1.59. The number of alkyl halides is 2. The third-order valence-corrected chi connectivity index (χ3v) is 2.26. The summed E-state index contributed by atoms with van der Waals surface area (Å²) in [6.07, 6.45) is 0.360. The molecular weight excluding hydrogens is 299 g/mol. The second kappa shape index (κ2) is 6.39. The van der Waals surface area contributed by atoms with Crippen LogP contribution in [0.3, 0.4) is 0 Å². The maximum atomic E-state index is 10.0. The zero-order valence-corrected chi connectivity index (χ0v) is 11.4. The van der Waals surface area contributed by atoms with Gasteiger partial charge in [0.25, 0.3) is 10.1 Å². The molecule has 10 heavy (non-hydrogen) atoms. The summed E-state index contributed by atoms with van der Waals surface area (Å²) in [4.78, 5) is 0. The van der Waals surface area contributed by atoms with Crippen molar-refractivity contribution in [2.75, 3.05) is 5.75 Å². The van der Waals surface area contributed by atoms with Crippen LogP contribution in [-0.4, -0.2) is 22.5 Å². The monoisotopic (exact) mass is 304 g/mol. The van der Waals surface area contributed by atoms with Gasteiger partial charge in [0, 0.05) is 0 Å². The Bertz CT molecular complexity index is 171. The van der Waals surface area contributed by atoms with Crippen LogP contribution in [0.25, 0.3) is 0 Å². The SMILES string of the molecule is O=S(=O)(O)CCC(Br)Br.[H-].[Na+]. The molecule has 58 valence electrons. The van der Waals surface area contributed by atoms with Gasteiger partial charge in [-0.2, -0.15) is 8.42 Å². The smallest absolute Gasteiger partial charge is 1.00 e. The summed E-state index contributed by atoms with van der Waals surface area (Å²) in [5.74, 6) is -0.214. The van der Waals surface area contributed by atoms with Crippen molar-refractivity contribution in [3.63, 3.8) is 0 Å². The van der Waals surface area contributed by atoms with Crippen molar-refractivity contribution < 1.29 is 44.0 Å². The minimum atomic E-state index is -3.78. The summed E-state index contributed by atoms with van der Waals surface area (Å²) < 4.78 is 28.2. The van der Waals surface area contributed by atoms with Crippen molar-refractivity contribution in [3.8, 4) is 0 Å². The van der Waals surface area contributed by atoms with E-state index in [1.807, 2.05) is 0 Å². The normalized spacial score (nSPS) is 11.2. The molecule has 0 aliphatic heterocycles. The van der Waals surface area contributed by atoms with E-state index in [4.69, 9.17) is 4.55 Å². The molecular formula is C3H7Br2NaO3S. The molecule has 0 fully saturated rings. The first-order valence-corrected chi connectivity index (χ1v) is 5.59. The van der Waals surface area contributed by atoms with E-state index in [9.17, 15) is 8.42 Å². The molecule has 0 saturated heterocycles. The van der Waals surface area contributed by atoms with Crippen LogP contribution in [-0.2, 0) is 10.1 Å². The second-order valence-electron chi connectivity index (χ2n) is 1.47. The Kier molecular flexibility index (Phi) is 9.20. The maximum Gasteiger partial charge on any atom is 1.00 e. The minimum absolute atomic E-state index is 0. The van der Waals surface area contributed by atoms with Gasteiger partial charge in [-0.25, -0.2) is 0 Å². The van der Waals surface area contributed by atoms with E-state index in [1.54, 1.807) is 0 Å². The van der Waals surface area contributed by atoms with E-state index in [0.29, 0.717) is 6.42 Å². The van der Waals surface area contributed by atoms with Crippen molar-refractivity contribution >= 4 is 42.0 Å². The summed E-state index contributed by atoms with van der Waals surface area (Å²) in [6, 6.07) is 0. The molecule has 0 unspecified atom stereocenters. The van der Waals surface area contributed by atoms with Gasteiger partial charge in [0.15, 0.2) is 0 Å². The predicted molar refractivity (Wildman–Crippen MR) is 43.8 cm³/mol. The van der Waals surface area contributed by atoms with Gasteiger partial charge in [-0.15, -0.1) is 0 Å². The van der Waals surface area contributed by atoms with Gasteiger partial charge in [0.1, 0.15) is 0 Å². The Labute approximate surface area is 101 Å². The summed E-state index contributed by atoms with van der Waals surface area (Å²) >= 11 is 6.14. The zero-order chi connectivity index (χ0) is 7.49. The molecule has 0 aromatic carbocycles. The summed E-state index contributed by atoms with van der Waals surface area (Å²) in [5, 5.41) is 0. The molecule has 0 aromatic rings. The first kappa shape index (κ1) is 14.4. The zero-order valence-electron chi connectivity index (χ0n) is 6.42. The molecule has 0 aliphatic rings. The molecule has 0 atom stereocenters. The number of halogens is 2.